The maximum Gasteiger partial charge on any atom is 0.242 e. The van der Waals surface area contributed by atoms with E-state index in [1.807, 2.05) is 4.90 Å². The van der Waals surface area contributed by atoms with E-state index in [4.69, 9.17) is 4.74 Å². The van der Waals surface area contributed by atoms with Gasteiger partial charge in [-0.3, -0.25) is 14.5 Å². The van der Waals surface area contributed by atoms with Crippen molar-refractivity contribution >= 4 is 11.8 Å². The Balaban J connectivity index is 1.15. The fourth-order valence-corrected chi connectivity index (χ4v) is 6.05. The van der Waals surface area contributed by atoms with Crippen LogP contribution in [0.2, 0.25) is 0 Å². The maximum absolute atomic E-state index is 13.2. The summed E-state index contributed by atoms with van der Waals surface area (Å²) in [7, 11) is 0. The number of rotatable bonds is 7. The van der Waals surface area contributed by atoms with Crippen LogP contribution in [0.15, 0.2) is 24.3 Å². The molecule has 3 aliphatic heterocycles. The minimum atomic E-state index is 0.101. The standard InChI is InChI=1S/C26H37N3O3/c30-25-8-3-11-28(25)19-26(31)29(18-24-7-4-14-32-24)17-20-9-12-27(13-10-20)23-15-21-5-1-2-6-22(21)16-23/h1-2,5-6,20,23-24H,3-4,7-19H2/t24-/m1/s1. The van der Waals surface area contributed by atoms with Gasteiger partial charge < -0.3 is 14.5 Å². The minimum Gasteiger partial charge on any atom is -0.376 e. The van der Waals surface area contributed by atoms with Crippen LogP contribution in [0.4, 0.5) is 0 Å². The highest BCUT2D eigenvalue weighted by Crippen LogP contribution is 2.29. The predicted molar refractivity (Wildman–Crippen MR) is 123 cm³/mol. The van der Waals surface area contributed by atoms with Gasteiger partial charge in [-0.1, -0.05) is 24.3 Å². The van der Waals surface area contributed by atoms with Crippen molar-refractivity contribution in [2.75, 3.05) is 45.9 Å². The average molecular weight is 440 g/mol. The molecule has 0 spiro atoms. The summed E-state index contributed by atoms with van der Waals surface area (Å²) in [6.07, 6.45) is 8.37. The van der Waals surface area contributed by atoms with Crippen molar-refractivity contribution in [2.24, 2.45) is 5.92 Å². The molecule has 3 fully saturated rings. The third-order valence-corrected chi connectivity index (χ3v) is 7.97. The lowest BCUT2D eigenvalue weighted by Crippen LogP contribution is -2.48. The highest BCUT2D eigenvalue weighted by molar-refractivity contribution is 5.85. The van der Waals surface area contributed by atoms with Gasteiger partial charge in [-0.25, -0.2) is 0 Å². The molecule has 6 nitrogen and oxygen atoms in total. The maximum atomic E-state index is 13.2. The van der Waals surface area contributed by atoms with Gasteiger partial charge in [0, 0.05) is 38.7 Å². The van der Waals surface area contributed by atoms with Gasteiger partial charge in [-0.15, -0.1) is 0 Å². The quantitative estimate of drug-likeness (QED) is 0.655. The number of piperidine rings is 1. The number of carbonyl (C=O) groups is 2. The lowest BCUT2D eigenvalue weighted by atomic mass is 9.94. The summed E-state index contributed by atoms with van der Waals surface area (Å²) in [5.41, 5.74) is 3.04. The first kappa shape index (κ1) is 21.9. The van der Waals surface area contributed by atoms with E-state index in [0.29, 0.717) is 24.9 Å². The monoisotopic (exact) mass is 439 g/mol. The molecule has 3 heterocycles. The molecule has 3 saturated heterocycles. The molecule has 6 heteroatoms. The molecule has 174 valence electrons. The van der Waals surface area contributed by atoms with Crippen LogP contribution in [0.25, 0.3) is 0 Å². The Bertz CT molecular complexity index is 789. The molecular formula is C26H37N3O3. The van der Waals surface area contributed by atoms with Gasteiger partial charge >= 0.3 is 0 Å². The molecule has 0 radical (unpaired) electrons. The molecule has 0 unspecified atom stereocenters. The summed E-state index contributed by atoms with van der Waals surface area (Å²) in [6.45, 7) is 5.50. The lowest BCUT2D eigenvalue weighted by molar-refractivity contribution is -0.140. The van der Waals surface area contributed by atoms with E-state index < -0.39 is 0 Å². The minimum absolute atomic E-state index is 0.101. The SMILES string of the molecule is O=C1CCCN1CC(=O)N(CC1CCN(C2Cc3ccccc3C2)CC1)C[C@H]1CCCO1. The number of hydrogen-bond donors (Lipinski definition) is 0. The number of nitrogens with zero attached hydrogens (tertiary/aromatic N) is 3. The lowest BCUT2D eigenvalue weighted by Gasteiger charge is -2.38. The first-order chi connectivity index (χ1) is 15.7. The van der Waals surface area contributed by atoms with Gasteiger partial charge in [0.15, 0.2) is 0 Å². The Labute approximate surface area is 191 Å². The highest BCUT2D eigenvalue weighted by atomic mass is 16.5. The van der Waals surface area contributed by atoms with Crippen LogP contribution in [0.5, 0.6) is 0 Å². The second kappa shape index (κ2) is 9.92. The molecule has 4 aliphatic rings. The molecule has 0 saturated carbocycles. The average Bonchev–Trinajstić information content (AvgIpc) is 3.55. The summed E-state index contributed by atoms with van der Waals surface area (Å²) >= 11 is 0. The molecule has 1 atom stereocenters. The van der Waals surface area contributed by atoms with E-state index in [-0.39, 0.29) is 24.5 Å². The van der Waals surface area contributed by atoms with Gasteiger partial charge in [0.1, 0.15) is 0 Å². The van der Waals surface area contributed by atoms with E-state index in [1.165, 1.54) is 24.0 Å². The Morgan fingerprint density at radius 1 is 1.00 bits per heavy atom. The van der Waals surface area contributed by atoms with Gasteiger partial charge in [0.05, 0.1) is 12.6 Å². The van der Waals surface area contributed by atoms with Crippen LogP contribution in [-0.4, -0.2) is 84.5 Å². The topological polar surface area (TPSA) is 53.1 Å². The van der Waals surface area contributed by atoms with Crippen LogP contribution in [0.1, 0.15) is 49.7 Å². The zero-order valence-corrected chi connectivity index (χ0v) is 19.2. The molecule has 1 aromatic carbocycles. The number of likely N-dealkylation sites (tertiary alicyclic amines) is 2. The molecular weight excluding hydrogens is 402 g/mol. The Morgan fingerprint density at radius 3 is 2.38 bits per heavy atom. The van der Waals surface area contributed by atoms with Gasteiger partial charge in [-0.05, 0) is 75.1 Å². The first-order valence-electron chi connectivity index (χ1n) is 12.6. The van der Waals surface area contributed by atoms with Gasteiger partial charge in [0.2, 0.25) is 11.8 Å². The second-order valence-electron chi connectivity index (χ2n) is 10.2. The second-order valence-corrected chi connectivity index (χ2v) is 10.2. The van der Waals surface area contributed by atoms with E-state index >= 15 is 0 Å². The number of fused-ring (bicyclic) bond motifs is 1. The smallest absolute Gasteiger partial charge is 0.242 e. The summed E-state index contributed by atoms with van der Waals surface area (Å²) in [5.74, 6) is 0.764. The fraction of sp³-hybridized carbons (Fsp3) is 0.692. The van der Waals surface area contributed by atoms with Crippen LogP contribution in [0.3, 0.4) is 0 Å². The van der Waals surface area contributed by atoms with Crippen LogP contribution < -0.4 is 0 Å². The van der Waals surface area contributed by atoms with Gasteiger partial charge in [0.25, 0.3) is 0 Å². The Kier molecular flexibility index (Phi) is 6.79. The molecule has 32 heavy (non-hydrogen) atoms. The molecule has 0 aromatic heterocycles. The molecule has 1 aromatic rings. The molecule has 1 aliphatic carbocycles. The molecule has 5 rings (SSSR count). The Morgan fingerprint density at radius 2 is 1.75 bits per heavy atom. The largest absolute Gasteiger partial charge is 0.376 e. The first-order valence-corrected chi connectivity index (χ1v) is 12.6. The van der Waals surface area contributed by atoms with Gasteiger partial charge in [-0.2, -0.15) is 0 Å². The Hall–Kier alpha value is -1.92. The van der Waals surface area contributed by atoms with Crippen molar-refractivity contribution in [1.82, 2.24) is 14.7 Å². The third kappa shape index (κ3) is 5.01. The van der Waals surface area contributed by atoms with Crippen LogP contribution >= 0.6 is 0 Å². The predicted octanol–water partition coefficient (Wildman–Crippen LogP) is 2.50. The summed E-state index contributed by atoms with van der Waals surface area (Å²) in [6, 6.07) is 9.51. The highest BCUT2D eigenvalue weighted by Gasteiger charge is 2.32. The third-order valence-electron chi connectivity index (χ3n) is 7.97. The summed E-state index contributed by atoms with van der Waals surface area (Å²) in [4.78, 5) is 31.6. The number of carbonyl (C=O) groups excluding carboxylic acids is 2. The number of amides is 2. The van der Waals surface area contributed by atoms with Crippen LogP contribution in [-0.2, 0) is 27.2 Å². The van der Waals surface area contributed by atoms with Crippen molar-refractivity contribution in [3.8, 4) is 0 Å². The zero-order chi connectivity index (χ0) is 21.9. The van der Waals surface area contributed by atoms with Crippen molar-refractivity contribution in [3.63, 3.8) is 0 Å². The van der Waals surface area contributed by atoms with E-state index in [9.17, 15) is 9.59 Å². The number of hydrogen-bond acceptors (Lipinski definition) is 4. The van der Waals surface area contributed by atoms with E-state index in [0.717, 1.165) is 64.9 Å². The molecule has 0 N–H and O–H groups in total. The van der Waals surface area contributed by atoms with Crippen molar-refractivity contribution in [2.45, 2.75) is 63.5 Å². The summed E-state index contributed by atoms with van der Waals surface area (Å²) in [5, 5.41) is 0. The zero-order valence-electron chi connectivity index (χ0n) is 19.2. The fourth-order valence-electron chi connectivity index (χ4n) is 6.05. The van der Waals surface area contributed by atoms with Crippen molar-refractivity contribution in [1.29, 1.82) is 0 Å². The van der Waals surface area contributed by atoms with Crippen LogP contribution in [0, 0.1) is 5.92 Å². The normalized spacial score (nSPS) is 24.9. The van der Waals surface area contributed by atoms with Crippen molar-refractivity contribution in [3.05, 3.63) is 35.4 Å². The number of benzene rings is 1. The summed E-state index contributed by atoms with van der Waals surface area (Å²) < 4.78 is 5.85. The number of ether oxygens (including phenoxy) is 1. The van der Waals surface area contributed by atoms with Crippen molar-refractivity contribution < 1.29 is 14.3 Å². The molecule has 0 bridgehead atoms. The molecule has 2 amide bonds. The van der Waals surface area contributed by atoms with E-state index in [2.05, 4.69) is 29.2 Å². The van der Waals surface area contributed by atoms with E-state index in [1.54, 1.807) is 4.90 Å².